The lowest BCUT2D eigenvalue weighted by molar-refractivity contribution is -0.147. The molecule has 0 spiro atoms. The number of nitrogen functional groups attached to an aromatic ring is 1. The fourth-order valence-electron chi connectivity index (χ4n) is 5.97. The number of hydrogen-bond donors (Lipinski definition) is 3. The second-order valence-corrected chi connectivity index (χ2v) is 9.59. The Morgan fingerprint density at radius 2 is 1.94 bits per heavy atom. The van der Waals surface area contributed by atoms with Crippen LogP contribution in [0.4, 0.5) is 0 Å². The number of rotatable bonds is 9. The minimum Gasteiger partial charge on any atom is -0.480 e. The summed E-state index contributed by atoms with van der Waals surface area (Å²) < 4.78 is 2.28. The quantitative estimate of drug-likeness (QED) is 0.387. The molecule has 1 aromatic carbocycles. The van der Waals surface area contributed by atoms with Gasteiger partial charge in [-0.1, -0.05) is 19.1 Å². The first kappa shape index (κ1) is 24.3. The van der Waals surface area contributed by atoms with Crippen molar-refractivity contribution >= 4 is 28.6 Å². The first-order valence-corrected chi connectivity index (χ1v) is 12.6. The Balaban J connectivity index is 1.48. The van der Waals surface area contributed by atoms with E-state index >= 15 is 0 Å². The maximum atomic E-state index is 13.5. The van der Waals surface area contributed by atoms with Crippen LogP contribution in [0.25, 0.3) is 10.9 Å². The Morgan fingerprint density at radius 1 is 1.18 bits per heavy atom. The summed E-state index contributed by atoms with van der Waals surface area (Å²) in [6.07, 6.45) is 5.88. The van der Waals surface area contributed by atoms with E-state index < -0.39 is 12.0 Å². The molecule has 2 fully saturated rings. The normalized spacial score (nSPS) is 21.9. The van der Waals surface area contributed by atoms with Crippen LogP contribution in [0.1, 0.15) is 63.6 Å². The first-order chi connectivity index (χ1) is 16.3. The Morgan fingerprint density at radius 3 is 2.62 bits per heavy atom. The topological polar surface area (TPSA) is 116 Å². The molecule has 0 aliphatic carbocycles. The summed E-state index contributed by atoms with van der Waals surface area (Å²) in [5, 5.41) is 18.5. The summed E-state index contributed by atoms with van der Waals surface area (Å²) in [6, 6.07) is 7.40. The molecule has 1 aromatic heterocycles. The number of carbonyl (C=O) groups is 2. The van der Waals surface area contributed by atoms with Crippen molar-refractivity contribution in [3.8, 4) is 0 Å². The third kappa shape index (κ3) is 4.56. The molecule has 0 saturated carbocycles. The van der Waals surface area contributed by atoms with E-state index in [1.165, 1.54) is 5.69 Å². The molecule has 3 heterocycles. The summed E-state index contributed by atoms with van der Waals surface area (Å²) >= 11 is 0. The number of carbonyl (C=O) groups excluding carboxylic acids is 1. The van der Waals surface area contributed by atoms with Gasteiger partial charge in [0.05, 0.1) is 6.04 Å². The van der Waals surface area contributed by atoms with Crippen molar-refractivity contribution in [1.82, 2.24) is 14.4 Å². The van der Waals surface area contributed by atoms with Crippen LogP contribution in [0.3, 0.4) is 0 Å². The van der Waals surface area contributed by atoms with Crippen LogP contribution in [-0.2, 0) is 22.6 Å². The highest BCUT2D eigenvalue weighted by Crippen LogP contribution is 2.30. The van der Waals surface area contributed by atoms with Gasteiger partial charge in [0, 0.05) is 35.9 Å². The van der Waals surface area contributed by atoms with Gasteiger partial charge < -0.3 is 20.3 Å². The summed E-state index contributed by atoms with van der Waals surface area (Å²) in [5.74, 6) is -0.649. The fourth-order valence-corrected chi connectivity index (χ4v) is 5.97. The molecule has 3 unspecified atom stereocenters. The minimum absolute atomic E-state index is 0.0709. The Hall–Kier alpha value is -2.87. The molecule has 8 heteroatoms. The maximum Gasteiger partial charge on any atom is 0.320 e. The van der Waals surface area contributed by atoms with Crippen LogP contribution < -0.4 is 5.73 Å². The molecule has 184 valence electrons. The molecule has 8 nitrogen and oxygen atoms in total. The Labute approximate surface area is 201 Å². The highest BCUT2D eigenvalue weighted by molar-refractivity contribution is 5.98. The molecule has 2 aliphatic rings. The van der Waals surface area contributed by atoms with Crippen LogP contribution in [-0.4, -0.2) is 68.4 Å². The van der Waals surface area contributed by atoms with E-state index in [1.54, 1.807) is 0 Å². The number of nitrogens with one attached hydrogen (secondary N) is 1. The number of amides is 1. The van der Waals surface area contributed by atoms with Crippen molar-refractivity contribution in [1.29, 1.82) is 5.41 Å². The molecule has 0 bridgehead atoms. The lowest BCUT2D eigenvalue weighted by atomic mass is 10.0. The summed E-state index contributed by atoms with van der Waals surface area (Å²) in [4.78, 5) is 29.2. The largest absolute Gasteiger partial charge is 0.480 e. The zero-order chi connectivity index (χ0) is 24.4. The van der Waals surface area contributed by atoms with E-state index in [-0.39, 0.29) is 23.8 Å². The summed E-state index contributed by atoms with van der Waals surface area (Å²) in [7, 11) is 0. The second-order valence-electron chi connectivity index (χ2n) is 9.59. The standard InChI is InChI=1S/C26H37N5O3/c1-3-21(26(33)34)31-14-6-8-22(31)25(32)30-13-5-7-19(30)11-12-20-15-17-9-10-18(24(27)28)16-23(17)29(20)4-2/h9-10,15-16,19,21-22H,3-8,11-14H2,1-2H3,(H3,27,28)(H,33,34). The van der Waals surface area contributed by atoms with Crippen molar-refractivity contribution < 1.29 is 14.7 Å². The molecule has 1 amide bonds. The van der Waals surface area contributed by atoms with Crippen LogP contribution in [0.5, 0.6) is 0 Å². The van der Waals surface area contributed by atoms with E-state index in [0.29, 0.717) is 13.0 Å². The van der Waals surface area contributed by atoms with Gasteiger partial charge in [0.2, 0.25) is 5.91 Å². The van der Waals surface area contributed by atoms with Gasteiger partial charge >= 0.3 is 5.97 Å². The number of hydrogen-bond acceptors (Lipinski definition) is 4. The lowest BCUT2D eigenvalue weighted by Crippen LogP contribution is -2.52. The molecular formula is C26H37N5O3. The first-order valence-electron chi connectivity index (χ1n) is 12.6. The van der Waals surface area contributed by atoms with Gasteiger partial charge in [-0.3, -0.25) is 19.9 Å². The average molecular weight is 468 g/mol. The summed E-state index contributed by atoms with van der Waals surface area (Å²) in [6.45, 7) is 6.27. The number of fused-ring (bicyclic) bond motifs is 1. The monoisotopic (exact) mass is 467 g/mol. The Bertz CT molecular complexity index is 1080. The van der Waals surface area contributed by atoms with Gasteiger partial charge in [0.1, 0.15) is 11.9 Å². The van der Waals surface area contributed by atoms with Crippen LogP contribution in [0, 0.1) is 5.41 Å². The van der Waals surface area contributed by atoms with E-state index in [4.69, 9.17) is 11.1 Å². The fraction of sp³-hybridized carbons (Fsp3) is 0.577. The lowest BCUT2D eigenvalue weighted by Gasteiger charge is -2.34. The van der Waals surface area contributed by atoms with Crippen molar-refractivity contribution in [2.75, 3.05) is 13.1 Å². The maximum absolute atomic E-state index is 13.5. The predicted molar refractivity (Wildman–Crippen MR) is 133 cm³/mol. The van der Waals surface area contributed by atoms with Gasteiger partial charge in [-0.05, 0) is 75.9 Å². The third-order valence-corrected chi connectivity index (χ3v) is 7.66. The van der Waals surface area contributed by atoms with E-state index in [2.05, 4.69) is 17.6 Å². The molecule has 2 aromatic rings. The zero-order valence-corrected chi connectivity index (χ0v) is 20.3. The number of nitrogens with two attached hydrogens (primary N) is 1. The van der Waals surface area contributed by atoms with E-state index in [0.717, 1.165) is 68.1 Å². The van der Waals surface area contributed by atoms with Crippen LogP contribution >= 0.6 is 0 Å². The third-order valence-electron chi connectivity index (χ3n) is 7.66. The predicted octanol–water partition coefficient (Wildman–Crippen LogP) is 3.20. The summed E-state index contributed by atoms with van der Waals surface area (Å²) in [5.41, 5.74) is 8.74. The van der Waals surface area contributed by atoms with Gasteiger partial charge in [-0.15, -0.1) is 0 Å². The van der Waals surface area contributed by atoms with E-state index in [9.17, 15) is 14.7 Å². The van der Waals surface area contributed by atoms with Gasteiger partial charge in [0.15, 0.2) is 0 Å². The second kappa shape index (κ2) is 10.2. The number of amidine groups is 1. The minimum atomic E-state index is -0.833. The SMILES string of the molecule is CCC(C(=O)O)N1CCCC1C(=O)N1CCCC1CCc1cc2ccc(C(=N)N)cc2n1CC. The molecule has 2 aliphatic heterocycles. The number of benzene rings is 1. The molecule has 3 atom stereocenters. The van der Waals surface area contributed by atoms with Gasteiger partial charge in [0.25, 0.3) is 0 Å². The van der Waals surface area contributed by atoms with Crippen molar-refractivity contribution in [3.63, 3.8) is 0 Å². The van der Waals surface area contributed by atoms with Gasteiger partial charge in [-0.2, -0.15) is 0 Å². The highest BCUT2D eigenvalue weighted by Gasteiger charge is 2.41. The smallest absolute Gasteiger partial charge is 0.320 e. The van der Waals surface area contributed by atoms with Crippen molar-refractivity contribution in [3.05, 3.63) is 35.5 Å². The Kier molecular flexibility index (Phi) is 7.26. The number of aromatic nitrogens is 1. The van der Waals surface area contributed by atoms with Gasteiger partial charge in [-0.25, -0.2) is 0 Å². The molecule has 0 radical (unpaired) electrons. The van der Waals surface area contributed by atoms with Crippen LogP contribution in [0.2, 0.25) is 0 Å². The van der Waals surface area contributed by atoms with Crippen molar-refractivity contribution in [2.45, 2.75) is 83.5 Å². The molecule has 2 saturated heterocycles. The number of aryl methyl sites for hydroxylation is 2. The number of aliphatic carboxylic acids is 1. The highest BCUT2D eigenvalue weighted by atomic mass is 16.4. The zero-order valence-electron chi connectivity index (χ0n) is 20.3. The molecular weight excluding hydrogens is 430 g/mol. The molecule has 4 rings (SSSR count). The average Bonchev–Trinajstić information content (AvgIpc) is 3.55. The number of carboxylic acid groups (broad SMARTS) is 1. The van der Waals surface area contributed by atoms with Crippen LogP contribution in [0.15, 0.2) is 24.3 Å². The van der Waals surface area contributed by atoms with E-state index in [1.807, 2.05) is 34.9 Å². The van der Waals surface area contributed by atoms with Crippen molar-refractivity contribution in [2.24, 2.45) is 5.73 Å². The number of nitrogens with zero attached hydrogens (tertiary/aromatic N) is 3. The number of likely N-dealkylation sites (tertiary alicyclic amines) is 2. The molecule has 34 heavy (non-hydrogen) atoms. The molecule has 4 N–H and O–H groups in total. The number of carboxylic acids is 1.